The Hall–Kier alpha value is -6.02. The van der Waals surface area contributed by atoms with Crippen LogP contribution in [0.4, 0.5) is 0 Å². The topological polar surface area (TPSA) is 149 Å². The van der Waals surface area contributed by atoms with Crippen molar-refractivity contribution in [2.45, 2.75) is 0 Å². The number of rotatable bonds is 8. The average Bonchev–Trinajstić information content (AvgIpc) is 3.00. The smallest absolute Gasteiger partial charge is 0.336 e. The van der Waals surface area contributed by atoms with E-state index in [1.165, 1.54) is 24.3 Å². The number of hydrogen-bond donors (Lipinski definition) is 4. The molecule has 5 aromatic rings. The molecule has 0 aliphatic rings. The van der Waals surface area contributed by atoms with Gasteiger partial charge in [-0.1, -0.05) is 72.8 Å². The molecule has 0 aromatic heterocycles. The van der Waals surface area contributed by atoms with E-state index in [9.17, 15) is 39.6 Å². The van der Waals surface area contributed by atoms with Crippen LogP contribution in [0.1, 0.15) is 41.4 Å². The molecule has 206 valence electrons. The second kappa shape index (κ2) is 11.2. The Morgan fingerprint density at radius 3 is 0.690 bits per heavy atom. The molecular formula is C34H22O8. The molecule has 8 heteroatoms. The number of benzene rings is 5. The van der Waals surface area contributed by atoms with Crippen molar-refractivity contribution < 1.29 is 39.6 Å². The first-order chi connectivity index (χ1) is 20.2. The van der Waals surface area contributed by atoms with Gasteiger partial charge in [0.1, 0.15) is 0 Å². The predicted molar refractivity (Wildman–Crippen MR) is 156 cm³/mol. The minimum absolute atomic E-state index is 0.0530. The Bertz CT molecular complexity index is 1630. The summed E-state index contributed by atoms with van der Waals surface area (Å²) in [5.41, 5.74) is 2.18. The molecular weight excluding hydrogens is 536 g/mol. The summed E-state index contributed by atoms with van der Waals surface area (Å²) in [7, 11) is 0. The van der Waals surface area contributed by atoms with E-state index >= 15 is 0 Å². The van der Waals surface area contributed by atoms with Crippen molar-refractivity contribution >= 4 is 23.9 Å². The van der Waals surface area contributed by atoms with Crippen LogP contribution in [-0.4, -0.2) is 44.3 Å². The zero-order valence-electron chi connectivity index (χ0n) is 21.8. The summed E-state index contributed by atoms with van der Waals surface area (Å²) in [5, 5.41) is 40.1. The second-order valence-electron chi connectivity index (χ2n) is 9.35. The maximum Gasteiger partial charge on any atom is 0.336 e. The van der Waals surface area contributed by atoms with E-state index in [2.05, 4.69) is 0 Å². The zero-order chi connectivity index (χ0) is 30.0. The molecule has 5 aromatic carbocycles. The van der Waals surface area contributed by atoms with E-state index < -0.39 is 23.9 Å². The SMILES string of the molecule is O=C(O)c1ccccc1-c1cc(-c2ccccc2C(=O)O)c(-c2ccccc2C(=O)O)cc1-c1ccccc1C(=O)O. The molecule has 0 bridgehead atoms. The maximum absolute atomic E-state index is 12.3. The molecule has 0 unspecified atom stereocenters. The third-order valence-electron chi connectivity index (χ3n) is 6.95. The normalized spacial score (nSPS) is 10.7. The first-order valence-electron chi connectivity index (χ1n) is 12.7. The molecule has 0 aliphatic heterocycles. The fourth-order valence-corrected chi connectivity index (χ4v) is 5.11. The molecule has 0 atom stereocenters. The lowest BCUT2D eigenvalue weighted by Gasteiger charge is -2.21. The van der Waals surface area contributed by atoms with Crippen LogP contribution in [0.25, 0.3) is 44.5 Å². The van der Waals surface area contributed by atoms with E-state index in [0.717, 1.165) is 0 Å². The van der Waals surface area contributed by atoms with Gasteiger partial charge in [0.05, 0.1) is 22.3 Å². The lowest BCUT2D eigenvalue weighted by Crippen LogP contribution is -2.05. The van der Waals surface area contributed by atoms with Gasteiger partial charge in [-0.15, -0.1) is 0 Å². The van der Waals surface area contributed by atoms with Crippen LogP contribution >= 0.6 is 0 Å². The van der Waals surface area contributed by atoms with Crippen LogP contribution in [0.15, 0.2) is 109 Å². The van der Waals surface area contributed by atoms with Crippen molar-refractivity contribution in [2.24, 2.45) is 0 Å². The van der Waals surface area contributed by atoms with Crippen LogP contribution < -0.4 is 0 Å². The van der Waals surface area contributed by atoms with Crippen molar-refractivity contribution in [3.05, 3.63) is 131 Å². The fraction of sp³-hybridized carbons (Fsp3) is 0. The third kappa shape index (κ3) is 5.00. The van der Waals surface area contributed by atoms with Gasteiger partial charge in [0, 0.05) is 0 Å². The van der Waals surface area contributed by atoms with E-state index in [0.29, 0.717) is 22.3 Å². The molecule has 0 fully saturated rings. The molecule has 0 radical (unpaired) electrons. The Balaban J connectivity index is 2.02. The number of carbonyl (C=O) groups is 4. The summed E-state index contributed by atoms with van der Waals surface area (Å²) in [6.07, 6.45) is 0. The highest BCUT2D eigenvalue weighted by atomic mass is 16.4. The molecule has 0 aliphatic carbocycles. The minimum Gasteiger partial charge on any atom is -0.478 e. The Morgan fingerprint density at radius 2 is 0.500 bits per heavy atom. The maximum atomic E-state index is 12.3. The van der Waals surface area contributed by atoms with E-state index in [1.807, 2.05) is 0 Å². The van der Waals surface area contributed by atoms with Gasteiger partial charge in [-0.25, -0.2) is 19.2 Å². The summed E-state index contributed by atoms with van der Waals surface area (Å²) in [6.45, 7) is 0. The summed E-state index contributed by atoms with van der Waals surface area (Å²) < 4.78 is 0. The summed E-state index contributed by atoms with van der Waals surface area (Å²) in [5.74, 6) is -4.85. The number of carboxylic acids is 4. The van der Waals surface area contributed by atoms with Crippen LogP contribution in [-0.2, 0) is 0 Å². The standard InChI is InChI=1S/C34H22O8/c35-31(36)23-13-5-1-9-19(23)27-17-29(21-11-3-7-15-25(21)33(39)40)30(22-12-4-8-16-26(22)34(41)42)18-28(27)20-10-2-6-14-24(20)32(37)38/h1-18H,(H,35,36)(H,37,38)(H,39,40)(H,41,42). The molecule has 5 rings (SSSR count). The van der Waals surface area contributed by atoms with Crippen molar-refractivity contribution in [1.82, 2.24) is 0 Å². The van der Waals surface area contributed by atoms with Gasteiger partial charge in [-0.2, -0.15) is 0 Å². The quantitative estimate of drug-likeness (QED) is 0.157. The predicted octanol–water partition coefficient (Wildman–Crippen LogP) is 7.15. The average molecular weight is 559 g/mol. The van der Waals surface area contributed by atoms with Crippen LogP contribution in [0.2, 0.25) is 0 Å². The fourth-order valence-electron chi connectivity index (χ4n) is 5.11. The third-order valence-corrected chi connectivity index (χ3v) is 6.95. The summed E-state index contributed by atoms with van der Waals surface area (Å²) >= 11 is 0. The molecule has 4 N–H and O–H groups in total. The van der Waals surface area contributed by atoms with Gasteiger partial charge >= 0.3 is 23.9 Å². The molecule has 8 nitrogen and oxygen atoms in total. The second-order valence-corrected chi connectivity index (χ2v) is 9.35. The van der Waals surface area contributed by atoms with Crippen molar-refractivity contribution in [2.75, 3.05) is 0 Å². The van der Waals surface area contributed by atoms with E-state index in [4.69, 9.17) is 0 Å². The van der Waals surface area contributed by atoms with Crippen LogP contribution in [0.3, 0.4) is 0 Å². The van der Waals surface area contributed by atoms with Gasteiger partial charge in [0.2, 0.25) is 0 Å². The Labute approximate surface area is 239 Å². The van der Waals surface area contributed by atoms with Gasteiger partial charge in [0.15, 0.2) is 0 Å². The monoisotopic (exact) mass is 558 g/mol. The molecule has 0 heterocycles. The van der Waals surface area contributed by atoms with Crippen LogP contribution in [0, 0.1) is 0 Å². The number of carboxylic acid groups (broad SMARTS) is 4. The van der Waals surface area contributed by atoms with Crippen molar-refractivity contribution in [3.8, 4) is 44.5 Å². The van der Waals surface area contributed by atoms with E-state index in [-0.39, 0.29) is 44.5 Å². The number of aromatic carboxylic acids is 4. The zero-order valence-corrected chi connectivity index (χ0v) is 21.8. The van der Waals surface area contributed by atoms with Crippen molar-refractivity contribution in [1.29, 1.82) is 0 Å². The highest BCUT2D eigenvalue weighted by Gasteiger charge is 2.25. The molecule has 0 saturated carbocycles. The minimum atomic E-state index is -1.21. The highest BCUT2D eigenvalue weighted by Crippen LogP contribution is 2.45. The van der Waals surface area contributed by atoms with Crippen molar-refractivity contribution in [3.63, 3.8) is 0 Å². The number of hydrogen-bond acceptors (Lipinski definition) is 4. The van der Waals surface area contributed by atoms with Gasteiger partial charge < -0.3 is 20.4 Å². The largest absolute Gasteiger partial charge is 0.478 e. The molecule has 0 amide bonds. The lowest BCUT2D eigenvalue weighted by molar-refractivity contribution is 0.0686. The molecule has 0 spiro atoms. The Kier molecular flexibility index (Phi) is 7.36. The lowest BCUT2D eigenvalue weighted by atomic mass is 9.82. The summed E-state index contributed by atoms with van der Waals surface area (Å²) in [4.78, 5) is 49.1. The van der Waals surface area contributed by atoms with Gasteiger partial charge in [-0.3, -0.25) is 0 Å². The summed E-state index contributed by atoms with van der Waals surface area (Å²) in [6, 6.07) is 28.1. The first kappa shape index (κ1) is 27.5. The molecule has 42 heavy (non-hydrogen) atoms. The highest BCUT2D eigenvalue weighted by molar-refractivity contribution is 6.08. The molecule has 0 saturated heterocycles. The van der Waals surface area contributed by atoms with Crippen LogP contribution in [0.5, 0.6) is 0 Å². The van der Waals surface area contributed by atoms with E-state index in [1.54, 1.807) is 84.9 Å². The first-order valence-corrected chi connectivity index (χ1v) is 12.7. The van der Waals surface area contributed by atoms with Gasteiger partial charge in [0.25, 0.3) is 0 Å². The Morgan fingerprint density at radius 1 is 0.310 bits per heavy atom. The van der Waals surface area contributed by atoms with Gasteiger partial charge in [-0.05, 0) is 80.9 Å².